The van der Waals surface area contributed by atoms with E-state index in [4.69, 9.17) is 9.47 Å². The van der Waals surface area contributed by atoms with Gasteiger partial charge in [0.05, 0.1) is 25.4 Å². The van der Waals surface area contributed by atoms with Crippen LogP contribution in [0.25, 0.3) is 0 Å². The van der Waals surface area contributed by atoms with E-state index < -0.39 is 11.7 Å². The van der Waals surface area contributed by atoms with Gasteiger partial charge in [0.2, 0.25) is 0 Å². The molecule has 0 aromatic carbocycles. The average Bonchev–Trinajstić information content (AvgIpc) is 2.15. The van der Waals surface area contributed by atoms with Crippen LogP contribution in [-0.4, -0.2) is 53.6 Å². The number of hydrogen-bond acceptors (Lipinski definition) is 4. The van der Waals surface area contributed by atoms with Gasteiger partial charge < -0.3 is 14.6 Å². The Kier molecular flexibility index (Phi) is 4.15. The van der Waals surface area contributed by atoms with E-state index in [9.17, 15) is 9.90 Å². The maximum Gasteiger partial charge on any atom is 0.410 e. The van der Waals surface area contributed by atoms with Crippen molar-refractivity contribution < 1.29 is 19.4 Å². The Balaban J connectivity index is 2.64. The van der Waals surface area contributed by atoms with E-state index in [1.807, 2.05) is 20.8 Å². The van der Waals surface area contributed by atoms with Crippen LogP contribution in [0.1, 0.15) is 27.7 Å². The van der Waals surface area contributed by atoms with Gasteiger partial charge in [0.25, 0.3) is 0 Å². The second-order valence-corrected chi connectivity index (χ2v) is 5.06. The SMILES string of the molecule is C[C@@H](O)[C@H]1COCCN1C(=O)OC(C)(C)C. The van der Waals surface area contributed by atoms with E-state index in [-0.39, 0.29) is 12.1 Å². The first-order valence-electron chi connectivity index (χ1n) is 5.56. The van der Waals surface area contributed by atoms with Gasteiger partial charge in [0, 0.05) is 6.54 Å². The third-order valence-electron chi connectivity index (χ3n) is 2.35. The van der Waals surface area contributed by atoms with Crippen LogP contribution in [0, 0.1) is 0 Å². The van der Waals surface area contributed by atoms with Gasteiger partial charge in [-0.1, -0.05) is 0 Å². The summed E-state index contributed by atoms with van der Waals surface area (Å²) < 4.78 is 10.5. The van der Waals surface area contributed by atoms with Crippen LogP contribution < -0.4 is 0 Å². The second-order valence-electron chi connectivity index (χ2n) is 5.06. The number of rotatable bonds is 1. The van der Waals surface area contributed by atoms with E-state index in [1.54, 1.807) is 11.8 Å². The third kappa shape index (κ3) is 3.64. The highest BCUT2D eigenvalue weighted by Gasteiger charge is 2.33. The molecule has 1 aliphatic rings. The van der Waals surface area contributed by atoms with Crippen molar-refractivity contribution in [1.82, 2.24) is 4.90 Å². The Morgan fingerprint density at radius 2 is 2.19 bits per heavy atom. The largest absolute Gasteiger partial charge is 0.444 e. The minimum atomic E-state index is -0.618. The lowest BCUT2D eigenvalue weighted by atomic mass is 10.1. The first-order valence-corrected chi connectivity index (χ1v) is 5.56. The fraction of sp³-hybridized carbons (Fsp3) is 0.909. The van der Waals surface area contributed by atoms with Crippen molar-refractivity contribution >= 4 is 6.09 Å². The van der Waals surface area contributed by atoms with Crippen LogP contribution in [0.3, 0.4) is 0 Å². The number of aliphatic hydroxyl groups is 1. The Hall–Kier alpha value is -0.810. The summed E-state index contributed by atoms with van der Waals surface area (Å²) >= 11 is 0. The van der Waals surface area contributed by atoms with Crippen LogP contribution >= 0.6 is 0 Å². The summed E-state index contributed by atoms with van der Waals surface area (Å²) in [6.45, 7) is 8.43. The molecule has 1 fully saturated rings. The zero-order chi connectivity index (χ0) is 12.3. The molecule has 0 spiro atoms. The molecule has 0 aliphatic carbocycles. The molecule has 94 valence electrons. The lowest BCUT2D eigenvalue weighted by molar-refractivity contribution is -0.0623. The highest BCUT2D eigenvalue weighted by atomic mass is 16.6. The van der Waals surface area contributed by atoms with Crippen LogP contribution in [0.4, 0.5) is 4.79 Å². The van der Waals surface area contributed by atoms with Crippen molar-refractivity contribution in [2.75, 3.05) is 19.8 Å². The minimum absolute atomic E-state index is 0.316. The van der Waals surface area contributed by atoms with Crippen LogP contribution in [0.15, 0.2) is 0 Å². The van der Waals surface area contributed by atoms with Crippen molar-refractivity contribution in [3.8, 4) is 0 Å². The number of aliphatic hydroxyl groups excluding tert-OH is 1. The van der Waals surface area contributed by atoms with Crippen molar-refractivity contribution in [3.05, 3.63) is 0 Å². The predicted octanol–water partition coefficient (Wildman–Crippen LogP) is 1.00. The number of ether oxygens (including phenoxy) is 2. The fourth-order valence-corrected chi connectivity index (χ4v) is 1.57. The van der Waals surface area contributed by atoms with Gasteiger partial charge >= 0.3 is 6.09 Å². The highest BCUT2D eigenvalue weighted by molar-refractivity contribution is 5.68. The first kappa shape index (κ1) is 13.3. The Morgan fingerprint density at radius 1 is 1.56 bits per heavy atom. The number of amides is 1. The average molecular weight is 231 g/mol. The molecule has 0 bridgehead atoms. The first-order chi connectivity index (χ1) is 7.31. The molecule has 0 radical (unpaired) electrons. The molecule has 0 aromatic rings. The van der Waals surface area contributed by atoms with E-state index >= 15 is 0 Å². The third-order valence-corrected chi connectivity index (χ3v) is 2.35. The van der Waals surface area contributed by atoms with Gasteiger partial charge in [0.1, 0.15) is 5.60 Å². The quantitative estimate of drug-likeness (QED) is 0.731. The molecule has 5 nitrogen and oxygen atoms in total. The van der Waals surface area contributed by atoms with Gasteiger partial charge in [0.15, 0.2) is 0 Å². The van der Waals surface area contributed by atoms with E-state index in [0.717, 1.165) is 0 Å². The fourth-order valence-electron chi connectivity index (χ4n) is 1.57. The molecule has 16 heavy (non-hydrogen) atoms. The Labute approximate surface area is 96.3 Å². The van der Waals surface area contributed by atoms with Gasteiger partial charge in [-0.2, -0.15) is 0 Å². The van der Waals surface area contributed by atoms with Crippen LogP contribution in [0.5, 0.6) is 0 Å². The standard InChI is InChI=1S/C11H21NO4/c1-8(13)9-7-15-6-5-12(9)10(14)16-11(2,3)4/h8-9,13H,5-7H2,1-4H3/t8-,9-/m1/s1. The maximum atomic E-state index is 11.9. The minimum Gasteiger partial charge on any atom is -0.444 e. The predicted molar refractivity (Wildman–Crippen MR) is 59.2 cm³/mol. The summed E-state index contributed by atoms with van der Waals surface area (Å²) in [5.74, 6) is 0. The molecule has 1 saturated heterocycles. The molecule has 1 heterocycles. The molecule has 1 rings (SSSR count). The molecule has 1 amide bonds. The monoisotopic (exact) mass is 231 g/mol. The molecule has 2 atom stereocenters. The topological polar surface area (TPSA) is 59.0 Å². The summed E-state index contributed by atoms with van der Waals surface area (Å²) in [5, 5.41) is 9.57. The molecule has 1 aliphatic heterocycles. The van der Waals surface area contributed by atoms with E-state index in [0.29, 0.717) is 19.8 Å². The molecular weight excluding hydrogens is 210 g/mol. The summed E-state index contributed by atoms with van der Waals surface area (Å²) in [5.41, 5.74) is -0.515. The lowest BCUT2D eigenvalue weighted by Gasteiger charge is -2.37. The zero-order valence-electron chi connectivity index (χ0n) is 10.4. The molecular formula is C11H21NO4. The number of carbonyl (C=O) groups is 1. The van der Waals surface area contributed by atoms with Crippen molar-refractivity contribution in [1.29, 1.82) is 0 Å². The molecule has 1 N–H and O–H groups in total. The molecule has 0 aromatic heterocycles. The lowest BCUT2D eigenvalue weighted by Crippen LogP contribution is -2.54. The molecule has 0 saturated carbocycles. The highest BCUT2D eigenvalue weighted by Crippen LogP contribution is 2.16. The van der Waals surface area contributed by atoms with E-state index in [2.05, 4.69) is 0 Å². The van der Waals surface area contributed by atoms with Crippen molar-refractivity contribution in [3.63, 3.8) is 0 Å². The number of morpholine rings is 1. The van der Waals surface area contributed by atoms with Crippen molar-refractivity contribution in [2.24, 2.45) is 0 Å². The number of carbonyl (C=O) groups excluding carboxylic acids is 1. The molecule has 5 heteroatoms. The van der Waals surface area contributed by atoms with Gasteiger partial charge in [-0.3, -0.25) is 4.90 Å². The number of hydrogen-bond donors (Lipinski definition) is 1. The van der Waals surface area contributed by atoms with Crippen LogP contribution in [-0.2, 0) is 9.47 Å². The van der Waals surface area contributed by atoms with Crippen LogP contribution in [0.2, 0.25) is 0 Å². The van der Waals surface area contributed by atoms with Gasteiger partial charge in [-0.05, 0) is 27.7 Å². The Morgan fingerprint density at radius 3 is 2.69 bits per heavy atom. The van der Waals surface area contributed by atoms with E-state index in [1.165, 1.54) is 0 Å². The maximum absolute atomic E-state index is 11.9. The Bertz CT molecular complexity index is 247. The smallest absolute Gasteiger partial charge is 0.410 e. The summed E-state index contributed by atoms with van der Waals surface area (Å²) in [7, 11) is 0. The number of nitrogens with zero attached hydrogens (tertiary/aromatic N) is 1. The summed E-state index contributed by atoms with van der Waals surface area (Å²) in [6.07, 6.45) is -1.01. The second kappa shape index (κ2) is 5.01. The zero-order valence-corrected chi connectivity index (χ0v) is 10.4. The van der Waals surface area contributed by atoms with Gasteiger partial charge in [-0.15, -0.1) is 0 Å². The summed E-state index contributed by atoms with van der Waals surface area (Å²) in [6, 6.07) is -0.316. The molecule has 0 unspecified atom stereocenters. The normalized spacial score (nSPS) is 24.1. The van der Waals surface area contributed by atoms with Crippen molar-refractivity contribution in [2.45, 2.75) is 45.4 Å². The summed E-state index contributed by atoms with van der Waals surface area (Å²) in [4.78, 5) is 13.4. The van der Waals surface area contributed by atoms with Gasteiger partial charge in [-0.25, -0.2) is 4.79 Å².